The van der Waals surface area contributed by atoms with E-state index in [1.807, 2.05) is 7.05 Å². The molecule has 0 aliphatic heterocycles. The largest absolute Gasteiger partial charge is 0.395 e. The van der Waals surface area contributed by atoms with Gasteiger partial charge in [-0.05, 0) is 43.7 Å². The smallest absolute Gasteiger partial charge is 0.0606 e. The van der Waals surface area contributed by atoms with Crippen LogP contribution >= 0.6 is 15.9 Å². The molecule has 4 heteroatoms. The molecule has 0 aliphatic rings. The molecule has 0 aliphatic carbocycles. The van der Waals surface area contributed by atoms with Crippen LogP contribution in [0, 0.1) is 0 Å². The average Bonchev–Trinajstić information content (AvgIpc) is 2.40. The van der Waals surface area contributed by atoms with Crippen molar-refractivity contribution in [1.29, 1.82) is 0 Å². The molecule has 0 heterocycles. The van der Waals surface area contributed by atoms with Gasteiger partial charge in [0.2, 0.25) is 0 Å². The van der Waals surface area contributed by atoms with Gasteiger partial charge in [-0.1, -0.05) is 29.8 Å². The Morgan fingerprint density at radius 2 is 2.00 bits per heavy atom. The van der Waals surface area contributed by atoms with Crippen LogP contribution in [-0.4, -0.2) is 31.3 Å². The van der Waals surface area contributed by atoms with Gasteiger partial charge >= 0.3 is 0 Å². The Kier molecular flexibility index (Phi) is 7.42. The van der Waals surface area contributed by atoms with Crippen LogP contribution in [0.2, 0.25) is 0 Å². The van der Waals surface area contributed by atoms with Gasteiger partial charge in [0, 0.05) is 29.3 Å². The molecule has 0 unspecified atom stereocenters. The van der Waals surface area contributed by atoms with Crippen LogP contribution in [0.3, 0.4) is 0 Å². The predicted molar refractivity (Wildman–Crippen MR) is 85.7 cm³/mol. The molecule has 0 saturated heterocycles. The number of aliphatic hydroxyl groups excluding tert-OH is 1. The topological polar surface area (TPSA) is 35.5 Å². The highest BCUT2D eigenvalue weighted by Gasteiger charge is 2.18. The summed E-state index contributed by atoms with van der Waals surface area (Å²) in [6, 6.07) is 6.84. The van der Waals surface area contributed by atoms with E-state index in [9.17, 15) is 5.11 Å². The molecule has 0 saturated carbocycles. The van der Waals surface area contributed by atoms with Crippen molar-refractivity contribution in [3.63, 3.8) is 0 Å². The van der Waals surface area contributed by atoms with Crippen LogP contribution in [0.25, 0.3) is 0 Å². The molecule has 19 heavy (non-hydrogen) atoms. The van der Waals surface area contributed by atoms with Crippen molar-refractivity contribution >= 4 is 21.6 Å². The second-order valence-electron chi connectivity index (χ2n) is 4.69. The summed E-state index contributed by atoms with van der Waals surface area (Å²) in [7, 11) is 1.96. The molecule has 0 bridgehead atoms. The molecular formula is C15H25BrN2O. The van der Waals surface area contributed by atoms with E-state index in [-0.39, 0.29) is 6.61 Å². The number of anilines is 1. The molecule has 0 radical (unpaired) electrons. The van der Waals surface area contributed by atoms with E-state index in [4.69, 9.17) is 0 Å². The van der Waals surface area contributed by atoms with E-state index in [2.05, 4.69) is 58.2 Å². The first kappa shape index (κ1) is 16.5. The third kappa shape index (κ3) is 4.48. The summed E-state index contributed by atoms with van der Waals surface area (Å²) in [5.41, 5.74) is 2.48. The number of benzene rings is 1. The number of aliphatic hydroxyl groups is 1. The van der Waals surface area contributed by atoms with Crippen LogP contribution < -0.4 is 10.2 Å². The highest BCUT2D eigenvalue weighted by molar-refractivity contribution is 9.10. The molecule has 1 aromatic rings. The molecule has 108 valence electrons. The van der Waals surface area contributed by atoms with Crippen LogP contribution in [0.15, 0.2) is 22.7 Å². The van der Waals surface area contributed by atoms with Crippen molar-refractivity contribution in [2.45, 2.75) is 39.3 Å². The lowest BCUT2D eigenvalue weighted by Gasteiger charge is -2.34. The van der Waals surface area contributed by atoms with E-state index < -0.39 is 0 Å². The molecule has 2 N–H and O–H groups in total. The van der Waals surface area contributed by atoms with Gasteiger partial charge in [0.15, 0.2) is 0 Å². The number of nitrogens with one attached hydrogen (secondary N) is 1. The van der Waals surface area contributed by atoms with Crippen LogP contribution in [0.1, 0.15) is 32.3 Å². The second kappa shape index (κ2) is 8.56. The van der Waals surface area contributed by atoms with Crippen LogP contribution in [0.5, 0.6) is 0 Å². The van der Waals surface area contributed by atoms with Crippen molar-refractivity contribution in [3.8, 4) is 0 Å². The molecule has 0 fully saturated rings. The minimum absolute atomic E-state index is 0.186. The van der Waals surface area contributed by atoms with E-state index in [0.29, 0.717) is 12.6 Å². The highest BCUT2D eigenvalue weighted by Crippen LogP contribution is 2.27. The monoisotopic (exact) mass is 328 g/mol. The van der Waals surface area contributed by atoms with E-state index in [1.165, 1.54) is 11.3 Å². The summed E-state index contributed by atoms with van der Waals surface area (Å²) in [5.74, 6) is 0. The fourth-order valence-corrected chi connectivity index (χ4v) is 2.91. The van der Waals surface area contributed by atoms with Crippen molar-refractivity contribution < 1.29 is 5.11 Å². The van der Waals surface area contributed by atoms with E-state index in [0.717, 1.165) is 23.9 Å². The van der Waals surface area contributed by atoms with E-state index in [1.54, 1.807) is 0 Å². The molecule has 0 atom stereocenters. The SMILES string of the molecule is CCC(CC)N(CCO)c1ccc(Br)cc1CNC. The summed E-state index contributed by atoms with van der Waals surface area (Å²) in [5, 5.41) is 12.6. The molecule has 0 aromatic heterocycles. The van der Waals surface area contributed by atoms with Crippen molar-refractivity contribution in [3.05, 3.63) is 28.2 Å². The predicted octanol–water partition coefficient (Wildman–Crippen LogP) is 3.16. The fraction of sp³-hybridized carbons (Fsp3) is 0.600. The minimum Gasteiger partial charge on any atom is -0.395 e. The first-order valence-electron chi connectivity index (χ1n) is 6.98. The summed E-state index contributed by atoms with van der Waals surface area (Å²) < 4.78 is 1.09. The van der Waals surface area contributed by atoms with Crippen LogP contribution in [-0.2, 0) is 6.54 Å². The number of halogens is 1. The number of hydrogen-bond donors (Lipinski definition) is 2. The van der Waals surface area contributed by atoms with Gasteiger partial charge in [0.05, 0.1) is 6.61 Å². The van der Waals surface area contributed by atoms with Crippen molar-refractivity contribution in [1.82, 2.24) is 5.32 Å². The Bertz CT molecular complexity index is 380. The van der Waals surface area contributed by atoms with E-state index >= 15 is 0 Å². The number of hydrogen-bond acceptors (Lipinski definition) is 3. The lowest BCUT2D eigenvalue weighted by atomic mass is 10.1. The third-order valence-electron chi connectivity index (χ3n) is 3.44. The molecule has 1 rings (SSSR count). The maximum Gasteiger partial charge on any atom is 0.0606 e. The zero-order valence-electron chi connectivity index (χ0n) is 12.1. The Balaban J connectivity index is 3.13. The fourth-order valence-electron chi connectivity index (χ4n) is 2.50. The maximum atomic E-state index is 9.35. The molecule has 0 amide bonds. The summed E-state index contributed by atoms with van der Waals surface area (Å²) in [6.07, 6.45) is 2.18. The first-order chi connectivity index (χ1) is 9.17. The van der Waals surface area contributed by atoms with Gasteiger partial charge in [-0.3, -0.25) is 0 Å². The Labute approximate surface area is 125 Å². The summed E-state index contributed by atoms with van der Waals surface area (Å²) >= 11 is 3.53. The lowest BCUT2D eigenvalue weighted by Crippen LogP contribution is -2.37. The molecular weight excluding hydrogens is 304 g/mol. The Morgan fingerprint density at radius 3 is 2.53 bits per heavy atom. The standard InChI is InChI=1S/C15H25BrN2O/c1-4-14(5-2)18(8-9-19)15-7-6-13(16)10-12(15)11-17-3/h6-7,10,14,17,19H,4-5,8-9,11H2,1-3H3. The zero-order valence-corrected chi connectivity index (χ0v) is 13.7. The summed E-state index contributed by atoms with van der Waals surface area (Å²) in [4.78, 5) is 2.33. The zero-order chi connectivity index (χ0) is 14.3. The van der Waals surface area contributed by atoms with Crippen molar-refractivity contribution in [2.75, 3.05) is 25.1 Å². The Morgan fingerprint density at radius 1 is 1.32 bits per heavy atom. The lowest BCUT2D eigenvalue weighted by molar-refractivity contribution is 0.296. The molecule has 0 spiro atoms. The Hall–Kier alpha value is -0.580. The van der Waals surface area contributed by atoms with Gasteiger partial charge < -0.3 is 15.3 Å². The van der Waals surface area contributed by atoms with Gasteiger partial charge in [-0.15, -0.1) is 0 Å². The normalized spacial score (nSPS) is 11.1. The number of nitrogens with zero attached hydrogens (tertiary/aromatic N) is 1. The summed E-state index contributed by atoms with van der Waals surface area (Å²) in [6.45, 7) is 6.11. The quantitative estimate of drug-likeness (QED) is 0.769. The van der Waals surface area contributed by atoms with Gasteiger partial charge in [0.25, 0.3) is 0 Å². The maximum absolute atomic E-state index is 9.35. The molecule has 3 nitrogen and oxygen atoms in total. The van der Waals surface area contributed by atoms with Gasteiger partial charge in [0.1, 0.15) is 0 Å². The van der Waals surface area contributed by atoms with Gasteiger partial charge in [-0.2, -0.15) is 0 Å². The molecule has 1 aromatic carbocycles. The first-order valence-corrected chi connectivity index (χ1v) is 7.77. The highest BCUT2D eigenvalue weighted by atomic mass is 79.9. The number of rotatable bonds is 8. The average molecular weight is 329 g/mol. The second-order valence-corrected chi connectivity index (χ2v) is 5.61. The minimum atomic E-state index is 0.186. The third-order valence-corrected chi connectivity index (χ3v) is 3.94. The van der Waals surface area contributed by atoms with Gasteiger partial charge in [-0.25, -0.2) is 0 Å². The van der Waals surface area contributed by atoms with Crippen molar-refractivity contribution in [2.24, 2.45) is 0 Å². The van der Waals surface area contributed by atoms with Crippen LogP contribution in [0.4, 0.5) is 5.69 Å².